The number of hydrogen-bond donors (Lipinski definition) is 0. The van der Waals surface area contributed by atoms with Gasteiger partial charge in [0.1, 0.15) is 0 Å². The van der Waals surface area contributed by atoms with Gasteiger partial charge in [-0.15, -0.1) is 0 Å². The summed E-state index contributed by atoms with van der Waals surface area (Å²) in [5, 5.41) is 0. The molecule has 0 aromatic carbocycles. The predicted octanol–water partition coefficient (Wildman–Crippen LogP) is 3.64. The van der Waals surface area contributed by atoms with Crippen LogP contribution in [-0.2, 0) is 9.47 Å². The standard InChI is InChI=1S/C13H28O2/c1-10(2)7-8-13(15-12(5)6)9-14-11(3)4/h10-13H,7-9H2,1-6H3. The lowest BCUT2D eigenvalue weighted by atomic mass is 10.1. The van der Waals surface area contributed by atoms with Crippen LogP contribution in [0.2, 0.25) is 0 Å². The van der Waals surface area contributed by atoms with Crippen LogP contribution in [0.25, 0.3) is 0 Å². The Hall–Kier alpha value is -0.0800. The van der Waals surface area contributed by atoms with Crippen LogP contribution < -0.4 is 0 Å². The SMILES string of the molecule is CC(C)CCC(COC(C)C)OC(C)C. The van der Waals surface area contributed by atoms with Crippen LogP contribution in [0.1, 0.15) is 54.4 Å². The number of rotatable bonds is 8. The van der Waals surface area contributed by atoms with E-state index in [0.29, 0.717) is 6.10 Å². The van der Waals surface area contributed by atoms with Gasteiger partial charge in [0.05, 0.1) is 24.9 Å². The molecule has 2 nitrogen and oxygen atoms in total. The fraction of sp³-hybridized carbons (Fsp3) is 1.00. The minimum absolute atomic E-state index is 0.259. The Morgan fingerprint density at radius 1 is 0.800 bits per heavy atom. The summed E-state index contributed by atoms with van der Waals surface area (Å²) in [7, 11) is 0. The minimum Gasteiger partial charge on any atom is -0.376 e. The van der Waals surface area contributed by atoms with E-state index in [0.717, 1.165) is 18.9 Å². The first-order valence-corrected chi connectivity index (χ1v) is 6.18. The Morgan fingerprint density at radius 3 is 1.80 bits per heavy atom. The summed E-state index contributed by atoms with van der Waals surface area (Å²) in [5.41, 5.74) is 0. The maximum absolute atomic E-state index is 5.83. The first-order valence-electron chi connectivity index (χ1n) is 6.18. The van der Waals surface area contributed by atoms with E-state index < -0.39 is 0 Å². The molecule has 0 bridgehead atoms. The zero-order valence-corrected chi connectivity index (χ0v) is 11.2. The Morgan fingerprint density at radius 2 is 1.40 bits per heavy atom. The zero-order chi connectivity index (χ0) is 11.8. The van der Waals surface area contributed by atoms with Crippen LogP contribution in [-0.4, -0.2) is 24.9 Å². The summed E-state index contributed by atoms with van der Waals surface area (Å²) in [4.78, 5) is 0. The second kappa shape index (κ2) is 8.12. The quantitative estimate of drug-likeness (QED) is 0.616. The summed E-state index contributed by atoms with van der Waals surface area (Å²) in [5.74, 6) is 0.738. The number of ether oxygens (including phenoxy) is 2. The molecule has 0 N–H and O–H groups in total. The Bertz CT molecular complexity index is 129. The van der Waals surface area contributed by atoms with Gasteiger partial charge in [-0.25, -0.2) is 0 Å². The first kappa shape index (κ1) is 14.9. The molecule has 0 aliphatic heterocycles. The highest BCUT2D eigenvalue weighted by Gasteiger charge is 2.12. The Balaban J connectivity index is 3.84. The van der Waals surface area contributed by atoms with Crippen LogP contribution in [0.3, 0.4) is 0 Å². The van der Waals surface area contributed by atoms with Gasteiger partial charge in [-0.3, -0.25) is 0 Å². The molecule has 92 valence electrons. The smallest absolute Gasteiger partial charge is 0.0812 e. The first-order chi connectivity index (χ1) is 6.91. The van der Waals surface area contributed by atoms with Crippen molar-refractivity contribution in [2.75, 3.05) is 6.61 Å². The second-order valence-electron chi connectivity index (χ2n) is 5.16. The van der Waals surface area contributed by atoms with Crippen molar-refractivity contribution < 1.29 is 9.47 Å². The predicted molar refractivity (Wildman–Crippen MR) is 65.2 cm³/mol. The molecule has 0 fully saturated rings. The van der Waals surface area contributed by atoms with Crippen LogP contribution in [0.15, 0.2) is 0 Å². The van der Waals surface area contributed by atoms with Gasteiger partial charge in [0.25, 0.3) is 0 Å². The van der Waals surface area contributed by atoms with E-state index in [1.54, 1.807) is 0 Å². The summed E-state index contributed by atoms with van der Waals surface area (Å²) >= 11 is 0. The highest BCUT2D eigenvalue weighted by Crippen LogP contribution is 2.12. The summed E-state index contributed by atoms with van der Waals surface area (Å²) < 4.78 is 11.4. The van der Waals surface area contributed by atoms with Gasteiger partial charge in [0.15, 0.2) is 0 Å². The van der Waals surface area contributed by atoms with Gasteiger partial charge in [-0.1, -0.05) is 13.8 Å². The average Bonchev–Trinajstić information content (AvgIpc) is 2.08. The van der Waals surface area contributed by atoms with Crippen molar-refractivity contribution in [3.05, 3.63) is 0 Å². The van der Waals surface area contributed by atoms with E-state index in [1.165, 1.54) is 6.42 Å². The molecular formula is C13H28O2. The molecule has 0 rings (SSSR count). The largest absolute Gasteiger partial charge is 0.376 e. The third-order valence-corrected chi connectivity index (χ3v) is 2.15. The summed E-state index contributed by atoms with van der Waals surface area (Å²) in [6, 6.07) is 0. The molecule has 0 aromatic rings. The Labute approximate surface area is 95.3 Å². The fourth-order valence-electron chi connectivity index (χ4n) is 1.39. The average molecular weight is 216 g/mol. The highest BCUT2D eigenvalue weighted by atomic mass is 16.5. The molecule has 2 heteroatoms. The monoisotopic (exact) mass is 216 g/mol. The molecule has 0 saturated heterocycles. The van der Waals surface area contributed by atoms with Crippen molar-refractivity contribution >= 4 is 0 Å². The van der Waals surface area contributed by atoms with Crippen LogP contribution in [0.4, 0.5) is 0 Å². The topological polar surface area (TPSA) is 18.5 Å². The van der Waals surface area contributed by atoms with E-state index in [9.17, 15) is 0 Å². The van der Waals surface area contributed by atoms with Gasteiger partial charge in [0.2, 0.25) is 0 Å². The fourth-order valence-corrected chi connectivity index (χ4v) is 1.39. The second-order valence-corrected chi connectivity index (χ2v) is 5.16. The molecule has 0 heterocycles. The van der Waals surface area contributed by atoms with Gasteiger partial charge in [0, 0.05) is 0 Å². The molecule has 0 saturated carbocycles. The zero-order valence-electron chi connectivity index (χ0n) is 11.2. The third-order valence-electron chi connectivity index (χ3n) is 2.15. The summed E-state index contributed by atoms with van der Waals surface area (Å²) in [6.45, 7) is 13.5. The molecule has 0 aromatic heterocycles. The molecule has 0 spiro atoms. The van der Waals surface area contributed by atoms with E-state index in [1.807, 2.05) is 0 Å². The third kappa shape index (κ3) is 10.2. The molecule has 15 heavy (non-hydrogen) atoms. The van der Waals surface area contributed by atoms with Crippen molar-refractivity contribution in [3.8, 4) is 0 Å². The maximum atomic E-state index is 5.83. The minimum atomic E-state index is 0.259. The van der Waals surface area contributed by atoms with Crippen LogP contribution in [0, 0.1) is 5.92 Å². The van der Waals surface area contributed by atoms with Crippen molar-refractivity contribution in [1.82, 2.24) is 0 Å². The van der Waals surface area contributed by atoms with Gasteiger partial charge >= 0.3 is 0 Å². The van der Waals surface area contributed by atoms with E-state index in [2.05, 4.69) is 41.5 Å². The van der Waals surface area contributed by atoms with Gasteiger partial charge in [-0.05, 0) is 46.5 Å². The highest BCUT2D eigenvalue weighted by molar-refractivity contribution is 4.61. The molecule has 0 amide bonds. The van der Waals surface area contributed by atoms with Crippen molar-refractivity contribution in [2.45, 2.75) is 72.7 Å². The molecule has 0 radical (unpaired) electrons. The molecular weight excluding hydrogens is 188 g/mol. The summed E-state index contributed by atoms with van der Waals surface area (Å²) in [6.07, 6.45) is 3.15. The van der Waals surface area contributed by atoms with Crippen molar-refractivity contribution in [2.24, 2.45) is 5.92 Å². The molecule has 1 atom stereocenters. The van der Waals surface area contributed by atoms with Crippen molar-refractivity contribution in [3.63, 3.8) is 0 Å². The van der Waals surface area contributed by atoms with E-state index in [-0.39, 0.29) is 12.2 Å². The lowest BCUT2D eigenvalue weighted by molar-refractivity contribution is -0.0630. The molecule has 0 aliphatic rings. The van der Waals surface area contributed by atoms with Gasteiger partial charge < -0.3 is 9.47 Å². The lowest BCUT2D eigenvalue weighted by Gasteiger charge is -2.22. The van der Waals surface area contributed by atoms with Crippen molar-refractivity contribution in [1.29, 1.82) is 0 Å². The number of hydrogen-bond acceptors (Lipinski definition) is 2. The normalized spacial score (nSPS) is 14.2. The molecule has 0 aliphatic carbocycles. The Kier molecular flexibility index (Phi) is 8.07. The maximum Gasteiger partial charge on any atom is 0.0812 e. The van der Waals surface area contributed by atoms with E-state index in [4.69, 9.17) is 9.47 Å². The lowest BCUT2D eigenvalue weighted by Crippen LogP contribution is -2.25. The van der Waals surface area contributed by atoms with Crippen LogP contribution in [0.5, 0.6) is 0 Å². The van der Waals surface area contributed by atoms with Crippen LogP contribution >= 0.6 is 0 Å². The van der Waals surface area contributed by atoms with E-state index >= 15 is 0 Å². The molecule has 1 unspecified atom stereocenters. The van der Waals surface area contributed by atoms with Gasteiger partial charge in [-0.2, -0.15) is 0 Å².